The maximum absolute atomic E-state index is 13.0. The number of anilines is 2. The molecule has 0 saturated carbocycles. The van der Waals surface area contributed by atoms with E-state index in [1.54, 1.807) is 24.3 Å². The molecule has 0 atom stereocenters. The zero-order valence-corrected chi connectivity index (χ0v) is 19.6. The summed E-state index contributed by atoms with van der Waals surface area (Å²) in [6.45, 7) is 3.76. The van der Waals surface area contributed by atoms with Gasteiger partial charge in [0.25, 0.3) is 0 Å². The van der Waals surface area contributed by atoms with Crippen molar-refractivity contribution in [2.45, 2.75) is 31.3 Å². The molecule has 7 nitrogen and oxygen atoms in total. The molecule has 1 aliphatic heterocycles. The van der Waals surface area contributed by atoms with Crippen molar-refractivity contribution in [3.63, 3.8) is 0 Å². The van der Waals surface area contributed by atoms with E-state index < -0.39 is 10.0 Å². The third-order valence-corrected chi connectivity index (χ3v) is 7.06. The summed E-state index contributed by atoms with van der Waals surface area (Å²) in [4.78, 5) is 15.1. The number of para-hydroxylation sites is 1. The predicted octanol–water partition coefficient (Wildman–Crippen LogP) is 3.92. The fourth-order valence-electron chi connectivity index (χ4n) is 4.50. The zero-order chi connectivity index (χ0) is 23.9. The smallest absolute Gasteiger partial charge is 0.240 e. The van der Waals surface area contributed by atoms with Crippen molar-refractivity contribution in [3.8, 4) is 0 Å². The van der Waals surface area contributed by atoms with Crippen LogP contribution in [-0.2, 0) is 29.5 Å². The zero-order valence-electron chi connectivity index (χ0n) is 18.7. The van der Waals surface area contributed by atoms with E-state index in [1.165, 1.54) is 17.2 Å². The number of nitrogens with two attached hydrogens (primary N) is 1. The number of hydrogen-bond acceptors (Lipinski definition) is 6. The minimum atomic E-state index is -3.84. The van der Waals surface area contributed by atoms with Crippen LogP contribution in [0.4, 0.5) is 11.6 Å². The van der Waals surface area contributed by atoms with Gasteiger partial charge in [0.2, 0.25) is 15.9 Å². The Labute approximate surface area is 197 Å². The fraction of sp³-hybridized carbons (Fsp3) is 0.192. The molecule has 0 amide bonds. The van der Waals surface area contributed by atoms with Crippen LogP contribution in [0.2, 0.25) is 0 Å². The summed E-state index contributed by atoms with van der Waals surface area (Å²) >= 11 is 0. The Kier molecular flexibility index (Phi) is 5.63. The van der Waals surface area contributed by atoms with Gasteiger partial charge in [-0.1, -0.05) is 42.5 Å². The SMILES string of the molecule is Cc1cc(CCNc2ccccc2S(N)(=O)=O)c2oc(N3Cc4ccccc4C3)cc(=O)c2c1. The molecule has 34 heavy (non-hydrogen) atoms. The number of nitrogens with one attached hydrogen (secondary N) is 1. The molecule has 2 heterocycles. The molecule has 3 N–H and O–H groups in total. The van der Waals surface area contributed by atoms with Crippen LogP contribution in [0, 0.1) is 6.92 Å². The molecule has 174 valence electrons. The van der Waals surface area contributed by atoms with Crippen molar-refractivity contribution < 1.29 is 12.8 Å². The van der Waals surface area contributed by atoms with E-state index in [1.807, 2.05) is 31.2 Å². The van der Waals surface area contributed by atoms with Crippen LogP contribution in [-0.4, -0.2) is 15.0 Å². The molecule has 1 aliphatic rings. The van der Waals surface area contributed by atoms with Gasteiger partial charge < -0.3 is 14.6 Å². The van der Waals surface area contributed by atoms with Crippen LogP contribution in [0.1, 0.15) is 22.3 Å². The second kappa shape index (κ2) is 8.62. The molecule has 3 aromatic carbocycles. The average Bonchev–Trinajstić information content (AvgIpc) is 3.23. The minimum Gasteiger partial charge on any atom is -0.440 e. The van der Waals surface area contributed by atoms with Gasteiger partial charge in [0.15, 0.2) is 5.43 Å². The third kappa shape index (κ3) is 4.30. The summed E-state index contributed by atoms with van der Waals surface area (Å²) in [6, 6.07) is 20.2. The van der Waals surface area contributed by atoms with E-state index >= 15 is 0 Å². The van der Waals surface area contributed by atoms with Crippen molar-refractivity contribution in [2.24, 2.45) is 5.14 Å². The molecule has 8 heteroatoms. The monoisotopic (exact) mass is 475 g/mol. The van der Waals surface area contributed by atoms with Crippen LogP contribution in [0.3, 0.4) is 0 Å². The predicted molar refractivity (Wildman–Crippen MR) is 134 cm³/mol. The molecule has 0 spiro atoms. The van der Waals surface area contributed by atoms with Crippen molar-refractivity contribution in [1.82, 2.24) is 0 Å². The number of sulfonamides is 1. The third-order valence-electron chi connectivity index (χ3n) is 6.09. The number of nitrogens with zero attached hydrogens (tertiary/aromatic N) is 1. The highest BCUT2D eigenvalue weighted by molar-refractivity contribution is 7.89. The van der Waals surface area contributed by atoms with Gasteiger partial charge >= 0.3 is 0 Å². The van der Waals surface area contributed by atoms with Gasteiger partial charge in [0, 0.05) is 25.7 Å². The van der Waals surface area contributed by atoms with E-state index in [9.17, 15) is 13.2 Å². The number of hydrogen-bond donors (Lipinski definition) is 2. The summed E-state index contributed by atoms with van der Waals surface area (Å²) in [7, 11) is -3.84. The Bertz CT molecular complexity index is 1540. The second-order valence-corrected chi connectivity index (χ2v) is 10.1. The van der Waals surface area contributed by atoms with Crippen LogP contribution >= 0.6 is 0 Å². The lowest BCUT2D eigenvalue weighted by molar-refractivity contribution is 0.572. The molecule has 0 radical (unpaired) electrons. The Balaban J connectivity index is 1.45. The van der Waals surface area contributed by atoms with Gasteiger partial charge in [-0.05, 0) is 53.8 Å². The van der Waals surface area contributed by atoms with Gasteiger partial charge in [-0.2, -0.15) is 0 Å². The molecular weight excluding hydrogens is 450 g/mol. The molecule has 0 aliphatic carbocycles. The maximum Gasteiger partial charge on any atom is 0.240 e. The largest absolute Gasteiger partial charge is 0.440 e. The lowest BCUT2D eigenvalue weighted by atomic mass is 10.0. The maximum atomic E-state index is 13.0. The first-order valence-electron chi connectivity index (χ1n) is 11.0. The molecule has 5 rings (SSSR count). The number of fused-ring (bicyclic) bond motifs is 2. The van der Waals surface area contributed by atoms with E-state index in [-0.39, 0.29) is 10.3 Å². The van der Waals surface area contributed by atoms with Gasteiger partial charge in [0.05, 0.1) is 11.1 Å². The highest BCUT2D eigenvalue weighted by Crippen LogP contribution is 2.30. The standard InChI is InChI=1S/C26H25N3O4S/c1-17-12-18(10-11-28-22-8-4-5-9-24(22)34(27,31)32)26-21(13-17)23(30)14-25(33-26)29-15-19-6-2-3-7-20(19)16-29/h2-9,12-14,28H,10-11,15-16H2,1H3,(H2,27,31,32). The van der Waals surface area contributed by atoms with Crippen molar-refractivity contribution >= 4 is 32.6 Å². The first-order chi connectivity index (χ1) is 16.3. The minimum absolute atomic E-state index is 0.0477. The Hall–Kier alpha value is -3.62. The average molecular weight is 476 g/mol. The Morgan fingerprint density at radius 1 is 1.00 bits per heavy atom. The number of benzene rings is 3. The fourth-order valence-corrected chi connectivity index (χ4v) is 5.21. The van der Waals surface area contributed by atoms with E-state index in [0.29, 0.717) is 48.6 Å². The van der Waals surface area contributed by atoms with Gasteiger partial charge in [-0.3, -0.25) is 4.79 Å². The Morgan fingerprint density at radius 2 is 1.68 bits per heavy atom. The van der Waals surface area contributed by atoms with Gasteiger partial charge in [-0.15, -0.1) is 0 Å². The summed E-state index contributed by atoms with van der Waals surface area (Å²) in [5, 5.41) is 9.04. The summed E-state index contributed by atoms with van der Waals surface area (Å²) in [5.74, 6) is 0.548. The summed E-state index contributed by atoms with van der Waals surface area (Å²) in [5.41, 5.74) is 5.22. The van der Waals surface area contributed by atoms with Crippen molar-refractivity contribution in [3.05, 3.63) is 99.2 Å². The van der Waals surface area contributed by atoms with E-state index in [0.717, 1.165) is 11.1 Å². The molecular formula is C26H25N3O4S. The highest BCUT2D eigenvalue weighted by Gasteiger charge is 2.22. The first-order valence-corrected chi connectivity index (χ1v) is 12.6. The number of aryl methyl sites for hydroxylation is 1. The van der Waals surface area contributed by atoms with Crippen LogP contribution in [0.5, 0.6) is 0 Å². The normalized spacial score (nSPS) is 13.3. The molecule has 1 aromatic heterocycles. The van der Waals surface area contributed by atoms with Crippen LogP contribution in [0.25, 0.3) is 11.0 Å². The molecule has 4 aromatic rings. The quantitative estimate of drug-likeness (QED) is 0.438. The topological polar surface area (TPSA) is 106 Å². The van der Waals surface area contributed by atoms with E-state index in [4.69, 9.17) is 9.56 Å². The molecule has 0 unspecified atom stereocenters. The lowest BCUT2D eigenvalue weighted by Gasteiger charge is -2.17. The second-order valence-electron chi connectivity index (χ2n) is 8.59. The van der Waals surface area contributed by atoms with Crippen molar-refractivity contribution in [1.29, 1.82) is 0 Å². The van der Waals surface area contributed by atoms with E-state index in [2.05, 4.69) is 22.3 Å². The number of primary sulfonamides is 1. The van der Waals surface area contributed by atoms with Gasteiger partial charge in [0.1, 0.15) is 10.5 Å². The summed E-state index contributed by atoms with van der Waals surface area (Å²) in [6.07, 6.45) is 0.532. The first kappa shape index (κ1) is 22.2. The van der Waals surface area contributed by atoms with Crippen molar-refractivity contribution in [2.75, 3.05) is 16.8 Å². The number of rotatable bonds is 6. The molecule has 0 bridgehead atoms. The highest BCUT2D eigenvalue weighted by atomic mass is 32.2. The van der Waals surface area contributed by atoms with Gasteiger partial charge in [-0.25, -0.2) is 13.6 Å². The molecule has 0 fully saturated rings. The molecule has 0 saturated heterocycles. The Morgan fingerprint density at radius 3 is 2.38 bits per heavy atom. The lowest BCUT2D eigenvalue weighted by Crippen LogP contribution is -2.17. The van der Waals surface area contributed by atoms with Crippen LogP contribution < -0.4 is 20.8 Å². The summed E-state index contributed by atoms with van der Waals surface area (Å²) < 4.78 is 30.1. The van der Waals surface area contributed by atoms with Crippen LogP contribution in [0.15, 0.2) is 80.8 Å².